The van der Waals surface area contributed by atoms with Crippen LogP contribution in [0.2, 0.25) is 0 Å². The molecule has 8 aromatic carbocycles. The standard InChI is InChI=1S/C52H38BN3/c1-51(2)38-24-13-14-28-42(38)56-47-35(23-15-25-39(47)51)36-30-43(54(32-18-7-5-8-19-32)33-20-9-6-10-21-33)44-37-29-31-17-11-12-22-34(31)45-48(37)55-49-40(52(45,3)4)26-16-27-41(49)53(56)46(36)50(44)55/h5-30H,1-4H3. The summed E-state index contributed by atoms with van der Waals surface area (Å²) < 4.78 is 2.71. The first-order valence-electron chi connectivity index (χ1n) is 20.0. The summed E-state index contributed by atoms with van der Waals surface area (Å²) in [6.45, 7) is 9.73. The summed E-state index contributed by atoms with van der Waals surface area (Å²) in [5, 5.41) is 5.25. The quantitative estimate of drug-likeness (QED) is 0.169. The number of nitrogens with zero attached hydrogens (tertiary/aromatic N) is 3. The Bertz CT molecular complexity index is 3170. The summed E-state index contributed by atoms with van der Waals surface area (Å²) in [4.78, 5) is 5.24. The van der Waals surface area contributed by atoms with Gasteiger partial charge in [-0.25, -0.2) is 0 Å². The predicted molar refractivity (Wildman–Crippen MR) is 236 cm³/mol. The minimum Gasteiger partial charge on any atom is -0.376 e. The zero-order valence-electron chi connectivity index (χ0n) is 31.9. The number of para-hydroxylation sites is 5. The molecule has 3 nitrogen and oxygen atoms in total. The largest absolute Gasteiger partial charge is 0.376 e. The number of benzene rings is 8. The molecule has 0 unspecified atom stereocenters. The number of aromatic nitrogens is 1. The Morgan fingerprint density at radius 3 is 1.93 bits per heavy atom. The smallest absolute Gasteiger partial charge is 0.333 e. The molecule has 0 spiro atoms. The van der Waals surface area contributed by atoms with Crippen molar-refractivity contribution in [3.05, 3.63) is 180 Å². The first kappa shape index (κ1) is 30.8. The van der Waals surface area contributed by atoms with Crippen LogP contribution in [0, 0.1) is 0 Å². The van der Waals surface area contributed by atoms with Crippen molar-refractivity contribution in [2.24, 2.45) is 0 Å². The van der Waals surface area contributed by atoms with Crippen molar-refractivity contribution in [3.63, 3.8) is 0 Å². The third kappa shape index (κ3) is 3.49. The maximum Gasteiger partial charge on any atom is 0.333 e. The third-order valence-electron chi connectivity index (χ3n) is 13.8. The molecule has 0 radical (unpaired) electrons. The lowest BCUT2D eigenvalue weighted by atomic mass is 9.42. The van der Waals surface area contributed by atoms with Gasteiger partial charge in [0.25, 0.3) is 0 Å². The van der Waals surface area contributed by atoms with Crippen LogP contribution in [0.4, 0.5) is 28.4 Å². The van der Waals surface area contributed by atoms with Crippen molar-refractivity contribution >= 4 is 78.8 Å². The maximum absolute atomic E-state index is 2.73. The highest BCUT2D eigenvalue weighted by molar-refractivity contribution is 6.94. The van der Waals surface area contributed by atoms with E-state index in [0.717, 1.165) is 11.4 Å². The summed E-state index contributed by atoms with van der Waals surface area (Å²) >= 11 is 0. The molecule has 264 valence electrons. The van der Waals surface area contributed by atoms with Gasteiger partial charge in [-0.3, -0.25) is 0 Å². The molecule has 13 rings (SSSR count). The van der Waals surface area contributed by atoms with Crippen molar-refractivity contribution < 1.29 is 0 Å². The van der Waals surface area contributed by atoms with Gasteiger partial charge in [0, 0.05) is 55.6 Å². The molecule has 9 aromatic rings. The van der Waals surface area contributed by atoms with E-state index >= 15 is 0 Å². The van der Waals surface area contributed by atoms with Crippen molar-refractivity contribution in [3.8, 4) is 16.8 Å². The summed E-state index contributed by atoms with van der Waals surface area (Å²) in [5.41, 5.74) is 20.8. The Morgan fingerprint density at radius 1 is 0.518 bits per heavy atom. The lowest BCUT2D eigenvalue weighted by Gasteiger charge is -2.50. The zero-order valence-corrected chi connectivity index (χ0v) is 31.9. The van der Waals surface area contributed by atoms with Crippen LogP contribution in [-0.2, 0) is 10.8 Å². The Balaban J connectivity index is 1.31. The minimum atomic E-state index is -0.243. The molecular formula is C52H38BN3. The summed E-state index contributed by atoms with van der Waals surface area (Å²) in [7, 11) is 0. The van der Waals surface area contributed by atoms with Gasteiger partial charge in [0.2, 0.25) is 0 Å². The van der Waals surface area contributed by atoms with Gasteiger partial charge >= 0.3 is 6.85 Å². The fraction of sp³-hybridized carbons (Fsp3) is 0.115. The lowest BCUT2D eigenvalue weighted by Crippen LogP contribution is -2.62. The summed E-state index contributed by atoms with van der Waals surface area (Å²) in [6, 6.07) is 59.5. The van der Waals surface area contributed by atoms with Gasteiger partial charge in [0.15, 0.2) is 0 Å². The molecule has 0 amide bonds. The second-order valence-electron chi connectivity index (χ2n) is 17.3. The minimum absolute atomic E-state index is 0.00659. The molecular weight excluding hydrogens is 677 g/mol. The van der Waals surface area contributed by atoms with E-state index in [1.807, 2.05) is 0 Å². The Labute approximate surface area is 327 Å². The molecule has 4 aliphatic rings. The van der Waals surface area contributed by atoms with Gasteiger partial charge in [-0.1, -0.05) is 143 Å². The van der Waals surface area contributed by atoms with Crippen molar-refractivity contribution in [1.29, 1.82) is 0 Å². The van der Waals surface area contributed by atoms with Crippen LogP contribution < -0.4 is 20.6 Å². The van der Waals surface area contributed by atoms with E-state index in [2.05, 4.69) is 200 Å². The van der Waals surface area contributed by atoms with Crippen LogP contribution in [0.15, 0.2) is 158 Å². The average Bonchev–Trinajstić information content (AvgIpc) is 3.57. The molecule has 0 fully saturated rings. The van der Waals surface area contributed by atoms with Crippen molar-refractivity contribution in [2.45, 2.75) is 38.5 Å². The Kier molecular flexibility index (Phi) is 5.61. The van der Waals surface area contributed by atoms with Crippen LogP contribution in [0.1, 0.15) is 49.9 Å². The maximum atomic E-state index is 2.73. The van der Waals surface area contributed by atoms with Gasteiger partial charge < -0.3 is 14.3 Å². The van der Waals surface area contributed by atoms with E-state index in [0.29, 0.717) is 0 Å². The molecule has 56 heavy (non-hydrogen) atoms. The van der Waals surface area contributed by atoms with Crippen molar-refractivity contribution in [2.75, 3.05) is 9.71 Å². The highest BCUT2D eigenvalue weighted by Gasteiger charge is 2.52. The molecule has 0 saturated heterocycles. The van der Waals surface area contributed by atoms with E-state index in [9.17, 15) is 0 Å². The van der Waals surface area contributed by atoms with E-state index in [1.54, 1.807) is 0 Å². The van der Waals surface area contributed by atoms with Crippen LogP contribution in [-0.4, -0.2) is 11.4 Å². The van der Waals surface area contributed by atoms with Gasteiger partial charge in [-0.15, -0.1) is 0 Å². The van der Waals surface area contributed by atoms with Crippen LogP contribution >= 0.6 is 0 Å². The van der Waals surface area contributed by atoms with Crippen molar-refractivity contribution in [1.82, 2.24) is 4.57 Å². The average molecular weight is 716 g/mol. The molecule has 4 aliphatic heterocycles. The van der Waals surface area contributed by atoms with E-state index < -0.39 is 0 Å². The Morgan fingerprint density at radius 2 is 1.16 bits per heavy atom. The molecule has 1 aromatic heterocycles. The highest BCUT2D eigenvalue weighted by Crippen LogP contribution is 2.59. The monoisotopic (exact) mass is 715 g/mol. The van der Waals surface area contributed by atoms with E-state index in [-0.39, 0.29) is 17.7 Å². The predicted octanol–water partition coefficient (Wildman–Crippen LogP) is 11.9. The molecule has 0 atom stereocenters. The summed E-state index contributed by atoms with van der Waals surface area (Å²) in [5.74, 6) is 0. The number of hydrogen-bond acceptors (Lipinski definition) is 2. The lowest BCUT2D eigenvalue weighted by molar-refractivity contribution is 0.633. The topological polar surface area (TPSA) is 11.4 Å². The molecule has 0 bridgehead atoms. The Hall–Kier alpha value is -6.52. The number of anilines is 5. The first-order chi connectivity index (χ1) is 27.4. The fourth-order valence-corrected chi connectivity index (χ4v) is 11.5. The molecule has 0 N–H and O–H groups in total. The van der Waals surface area contributed by atoms with Gasteiger partial charge in [0.05, 0.1) is 16.7 Å². The van der Waals surface area contributed by atoms with Crippen LogP contribution in [0.25, 0.3) is 49.4 Å². The number of rotatable bonds is 3. The first-order valence-corrected chi connectivity index (χ1v) is 20.0. The van der Waals surface area contributed by atoms with Crippen LogP contribution in [0.3, 0.4) is 0 Å². The molecule has 0 aliphatic carbocycles. The van der Waals surface area contributed by atoms with Gasteiger partial charge in [0.1, 0.15) is 0 Å². The third-order valence-corrected chi connectivity index (χ3v) is 13.8. The highest BCUT2D eigenvalue weighted by atomic mass is 15.2. The number of hydrogen-bond donors (Lipinski definition) is 0. The SMILES string of the molecule is CC1(C)c2ccccc2N2B3c4cccc5c4-n4c6c(c7ccccc7cc6c6c(N(c7ccccc7)c7ccccc7)cc(c3c64)-c3cccc1c32)C5(C)C. The van der Waals surface area contributed by atoms with Crippen LogP contribution in [0.5, 0.6) is 0 Å². The second-order valence-corrected chi connectivity index (χ2v) is 17.3. The second kappa shape index (κ2) is 10.2. The van der Waals surface area contributed by atoms with E-state index in [4.69, 9.17) is 0 Å². The van der Waals surface area contributed by atoms with Gasteiger partial charge in [-0.05, 0) is 92.0 Å². The summed E-state index contributed by atoms with van der Waals surface area (Å²) in [6.07, 6.45) is 0. The normalized spacial score (nSPS) is 15.7. The fourth-order valence-electron chi connectivity index (χ4n) is 11.5. The molecule has 0 saturated carbocycles. The zero-order chi connectivity index (χ0) is 37.2. The van der Waals surface area contributed by atoms with Gasteiger partial charge in [-0.2, -0.15) is 0 Å². The van der Waals surface area contributed by atoms with E-state index in [1.165, 1.54) is 99.6 Å². The molecule has 4 heteroatoms. The molecule has 5 heterocycles. The number of fused-ring (bicyclic) bond motifs is 8.